The van der Waals surface area contributed by atoms with E-state index in [2.05, 4.69) is 49.7 Å². The van der Waals surface area contributed by atoms with Gasteiger partial charge in [0, 0.05) is 23.8 Å². The van der Waals surface area contributed by atoms with Crippen molar-refractivity contribution in [1.82, 2.24) is 15.1 Å². The zero-order chi connectivity index (χ0) is 15.0. The molecule has 0 aliphatic carbocycles. The van der Waals surface area contributed by atoms with Crippen molar-refractivity contribution >= 4 is 0 Å². The average Bonchev–Trinajstić information content (AvgIpc) is 2.72. The maximum Gasteiger partial charge on any atom is 0.0644 e. The van der Waals surface area contributed by atoms with Gasteiger partial charge >= 0.3 is 0 Å². The highest BCUT2D eigenvalue weighted by molar-refractivity contribution is 5.27. The predicted molar refractivity (Wildman–Crippen MR) is 87.2 cm³/mol. The lowest BCUT2D eigenvalue weighted by molar-refractivity contribution is 0.523. The van der Waals surface area contributed by atoms with Crippen LogP contribution in [0.1, 0.15) is 82.3 Å². The lowest BCUT2D eigenvalue weighted by Crippen LogP contribution is -2.21. The molecule has 0 saturated carbocycles. The van der Waals surface area contributed by atoms with Crippen LogP contribution in [0.25, 0.3) is 0 Å². The van der Waals surface area contributed by atoms with Crippen LogP contribution in [0.2, 0.25) is 0 Å². The number of hydrogen-bond acceptors (Lipinski definition) is 2. The van der Waals surface area contributed by atoms with Crippen molar-refractivity contribution in [2.45, 2.75) is 85.7 Å². The number of aromatic nitrogens is 2. The molecule has 0 amide bonds. The molecular weight excluding hydrogens is 246 g/mol. The van der Waals surface area contributed by atoms with Gasteiger partial charge in [-0.15, -0.1) is 0 Å². The van der Waals surface area contributed by atoms with E-state index < -0.39 is 0 Å². The minimum atomic E-state index is 0.408. The van der Waals surface area contributed by atoms with Gasteiger partial charge in [0.1, 0.15) is 0 Å². The lowest BCUT2D eigenvalue weighted by atomic mass is 10.1. The Morgan fingerprint density at radius 3 is 2.30 bits per heavy atom. The maximum atomic E-state index is 4.60. The van der Waals surface area contributed by atoms with E-state index in [4.69, 9.17) is 0 Å². The van der Waals surface area contributed by atoms with Crippen molar-refractivity contribution < 1.29 is 0 Å². The average molecular weight is 279 g/mol. The van der Waals surface area contributed by atoms with Crippen molar-refractivity contribution in [2.75, 3.05) is 6.54 Å². The number of nitrogens with one attached hydrogen (secondary N) is 1. The van der Waals surface area contributed by atoms with E-state index in [1.807, 2.05) is 0 Å². The Hall–Kier alpha value is -0.830. The molecule has 1 aromatic rings. The van der Waals surface area contributed by atoms with Crippen LogP contribution >= 0.6 is 0 Å². The summed E-state index contributed by atoms with van der Waals surface area (Å²) in [6.07, 6.45) is 8.14. The van der Waals surface area contributed by atoms with Crippen LogP contribution in [0, 0.1) is 13.8 Å². The van der Waals surface area contributed by atoms with E-state index in [0.29, 0.717) is 6.04 Å². The molecule has 0 bridgehead atoms. The zero-order valence-corrected chi connectivity index (χ0v) is 14.1. The Kier molecular flexibility index (Phi) is 7.90. The van der Waals surface area contributed by atoms with Gasteiger partial charge in [0.15, 0.2) is 0 Å². The third kappa shape index (κ3) is 4.93. The maximum absolute atomic E-state index is 4.60. The first-order chi connectivity index (χ1) is 9.61. The smallest absolute Gasteiger partial charge is 0.0644 e. The van der Waals surface area contributed by atoms with Crippen LogP contribution in [0.15, 0.2) is 0 Å². The molecule has 1 N–H and O–H groups in total. The van der Waals surface area contributed by atoms with Gasteiger partial charge in [0.05, 0.1) is 5.69 Å². The fourth-order valence-electron chi connectivity index (χ4n) is 2.97. The Labute approximate surface area is 125 Å². The molecule has 1 atom stereocenters. The third-order valence-electron chi connectivity index (χ3n) is 4.15. The molecule has 0 fully saturated rings. The normalized spacial score (nSPS) is 12.8. The van der Waals surface area contributed by atoms with Crippen LogP contribution in [-0.2, 0) is 6.54 Å². The van der Waals surface area contributed by atoms with Crippen LogP contribution in [0.5, 0.6) is 0 Å². The van der Waals surface area contributed by atoms with Crippen molar-refractivity contribution in [3.63, 3.8) is 0 Å². The number of unbranched alkanes of at least 4 members (excludes halogenated alkanes) is 5. The summed E-state index contributed by atoms with van der Waals surface area (Å²) in [7, 11) is 0. The lowest BCUT2D eigenvalue weighted by Gasteiger charge is -2.15. The van der Waals surface area contributed by atoms with Crippen molar-refractivity contribution in [3.05, 3.63) is 17.0 Å². The number of nitrogens with zero attached hydrogens (tertiary/aromatic N) is 2. The largest absolute Gasteiger partial charge is 0.310 e. The second-order valence-electron chi connectivity index (χ2n) is 5.84. The van der Waals surface area contributed by atoms with Gasteiger partial charge in [-0.2, -0.15) is 5.10 Å². The second-order valence-corrected chi connectivity index (χ2v) is 5.84. The molecular formula is C17H33N3. The van der Waals surface area contributed by atoms with Crippen molar-refractivity contribution in [2.24, 2.45) is 0 Å². The topological polar surface area (TPSA) is 29.9 Å². The first-order valence-corrected chi connectivity index (χ1v) is 8.39. The summed E-state index contributed by atoms with van der Waals surface area (Å²) in [5, 5.41) is 8.26. The summed E-state index contributed by atoms with van der Waals surface area (Å²) in [6, 6.07) is 0.408. The first-order valence-electron chi connectivity index (χ1n) is 8.39. The summed E-state index contributed by atoms with van der Waals surface area (Å²) in [5.74, 6) is 0. The van der Waals surface area contributed by atoms with E-state index >= 15 is 0 Å². The molecule has 1 rings (SSSR count). The van der Waals surface area contributed by atoms with E-state index in [1.165, 1.54) is 55.5 Å². The molecule has 1 unspecified atom stereocenters. The zero-order valence-electron chi connectivity index (χ0n) is 14.1. The van der Waals surface area contributed by atoms with Crippen LogP contribution < -0.4 is 5.32 Å². The summed E-state index contributed by atoms with van der Waals surface area (Å²) in [6.45, 7) is 13.1. The van der Waals surface area contributed by atoms with Gasteiger partial charge in [-0.05, 0) is 40.7 Å². The molecule has 1 heterocycles. The summed E-state index contributed by atoms with van der Waals surface area (Å²) in [4.78, 5) is 0. The molecule has 116 valence electrons. The predicted octanol–water partition coefficient (Wildman–Crippen LogP) is 4.53. The summed E-state index contributed by atoms with van der Waals surface area (Å²) >= 11 is 0. The molecule has 0 radical (unpaired) electrons. The fraction of sp³-hybridized carbons (Fsp3) is 0.824. The monoisotopic (exact) mass is 279 g/mol. The van der Waals surface area contributed by atoms with E-state index in [0.717, 1.165) is 13.1 Å². The van der Waals surface area contributed by atoms with Gasteiger partial charge in [0.25, 0.3) is 0 Å². The summed E-state index contributed by atoms with van der Waals surface area (Å²) < 4.78 is 2.10. The van der Waals surface area contributed by atoms with E-state index in [-0.39, 0.29) is 0 Å². The Balaban J connectivity index is 2.32. The van der Waals surface area contributed by atoms with Gasteiger partial charge in [0.2, 0.25) is 0 Å². The van der Waals surface area contributed by atoms with Gasteiger partial charge in [-0.25, -0.2) is 0 Å². The Morgan fingerprint density at radius 1 is 1.05 bits per heavy atom. The van der Waals surface area contributed by atoms with Crippen LogP contribution in [-0.4, -0.2) is 16.3 Å². The second kappa shape index (κ2) is 9.17. The quantitative estimate of drug-likeness (QED) is 0.638. The van der Waals surface area contributed by atoms with Crippen LogP contribution in [0.4, 0.5) is 0 Å². The molecule has 0 aromatic carbocycles. The SMILES string of the molecule is CCCCCCCCNC(C)c1c(C)nn(CC)c1C. The number of rotatable bonds is 10. The molecule has 0 aliphatic heterocycles. The summed E-state index contributed by atoms with van der Waals surface area (Å²) in [5.41, 5.74) is 3.87. The molecule has 0 saturated heterocycles. The third-order valence-corrected chi connectivity index (χ3v) is 4.15. The van der Waals surface area contributed by atoms with Crippen molar-refractivity contribution in [1.29, 1.82) is 0 Å². The van der Waals surface area contributed by atoms with Gasteiger partial charge in [-0.1, -0.05) is 39.0 Å². The molecule has 1 aromatic heterocycles. The highest BCUT2D eigenvalue weighted by atomic mass is 15.3. The number of aryl methyl sites for hydroxylation is 2. The van der Waals surface area contributed by atoms with Gasteiger partial charge in [-0.3, -0.25) is 4.68 Å². The first kappa shape index (κ1) is 17.2. The highest BCUT2D eigenvalue weighted by Crippen LogP contribution is 2.21. The fourth-order valence-corrected chi connectivity index (χ4v) is 2.97. The molecule has 0 spiro atoms. The molecule has 20 heavy (non-hydrogen) atoms. The Morgan fingerprint density at radius 2 is 1.70 bits per heavy atom. The van der Waals surface area contributed by atoms with E-state index in [1.54, 1.807) is 0 Å². The van der Waals surface area contributed by atoms with E-state index in [9.17, 15) is 0 Å². The minimum Gasteiger partial charge on any atom is -0.310 e. The van der Waals surface area contributed by atoms with Crippen molar-refractivity contribution in [3.8, 4) is 0 Å². The molecule has 3 heteroatoms. The molecule has 3 nitrogen and oxygen atoms in total. The molecule has 0 aliphatic rings. The van der Waals surface area contributed by atoms with Gasteiger partial charge < -0.3 is 5.32 Å². The Bertz CT molecular complexity index is 382. The highest BCUT2D eigenvalue weighted by Gasteiger charge is 2.16. The standard InChI is InChI=1S/C17H33N3/c1-6-8-9-10-11-12-13-18-14(3)17-15(4)19-20(7-2)16(17)5/h14,18H,6-13H2,1-5H3. The minimum absolute atomic E-state index is 0.408. The number of hydrogen-bond donors (Lipinski definition) is 1. The van der Waals surface area contributed by atoms with Crippen LogP contribution in [0.3, 0.4) is 0 Å².